The molecule has 1 amide bonds. The van der Waals surface area contributed by atoms with Crippen LogP contribution in [-0.2, 0) is 21.2 Å². The fraction of sp³-hybridized carbons (Fsp3) is 0.346. The number of hydrogen-bond donors (Lipinski definition) is 0. The Morgan fingerprint density at radius 1 is 1.08 bits per heavy atom. The third kappa shape index (κ3) is 5.79. The van der Waals surface area contributed by atoms with Crippen LogP contribution in [0, 0.1) is 27.7 Å². The van der Waals surface area contributed by atoms with Crippen LogP contribution in [0.3, 0.4) is 0 Å². The Balaban J connectivity index is 1.53. The molecule has 0 aliphatic heterocycles. The van der Waals surface area contributed by atoms with Gasteiger partial charge in [-0.2, -0.15) is 5.10 Å². The number of nitrogens with zero attached hydrogens (tertiary/aromatic N) is 4. The predicted octanol–water partition coefficient (Wildman–Crippen LogP) is 5.67. The number of anilines is 1. The molecule has 0 saturated carbocycles. The van der Waals surface area contributed by atoms with E-state index in [0.29, 0.717) is 23.2 Å². The number of hydrogen-bond acceptors (Lipinski definition) is 6. The van der Waals surface area contributed by atoms with E-state index in [1.165, 1.54) is 11.3 Å². The van der Waals surface area contributed by atoms with Gasteiger partial charge in [-0.1, -0.05) is 40.6 Å². The van der Waals surface area contributed by atoms with Crippen LogP contribution >= 0.6 is 22.9 Å². The van der Waals surface area contributed by atoms with Gasteiger partial charge in [0.2, 0.25) is 5.91 Å². The van der Waals surface area contributed by atoms with E-state index in [2.05, 4.69) is 5.10 Å². The van der Waals surface area contributed by atoms with E-state index in [1.807, 2.05) is 50.6 Å². The van der Waals surface area contributed by atoms with E-state index in [-0.39, 0.29) is 29.4 Å². The molecule has 0 aliphatic carbocycles. The van der Waals surface area contributed by atoms with E-state index in [4.69, 9.17) is 16.6 Å². The van der Waals surface area contributed by atoms with Crippen molar-refractivity contribution in [3.05, 3.63) is 70.0 Å². The summed E-state index contributed by atoms with van der Waals surface area (Å²) in [5.74, 6) is -0.264. The van der Waals surface area contributed by atoms with Crippen molar-refractivity contribution in [3.8, 4) is 0 Å². The lowest BCUT2D eigenvalue weighted by Gasteiger charge is -2.20. The Labute approximate surface area is 220 Å². The molecule has 10 heteroatoms. The first-order chi connectivity index (χ1) is 17.0. The molecule has 0 radical (unpaired) electrons. The number of rotatable bonds is 9. The Bertz CT molecular complexity index is 1510. The first-order valence-electron chi connectivity index (χ1n) is 11.7. The maximum atomic E-state index is 13.4. The van der Waals surface area contributed by atoms with Gasteiger partial charge in [0.25, 0.3) is 0 Å². The second-order valence-corrected chi connectivity index (χ2v) is 12.5. The quantitative estimate of drug-likeness (QED) is 0.271. The summed E-state index contributed by atoms with van der Waals surface area (Å²) in [6, 6.07) is 12.5. The molecule has 0 saturated heterocycles. The van der Waals surface area contributed by atoms with Crippen LogP contribution in [0.15, 0.2) is 47.4 Å². The maximum absolute atomic E-state index is 13.4. The molecule has 36 heavy (non-hydrogen) atoms. The fourth-order valence-corrected chi connectivity index (χ4v) is 6.57. The minimum Gasteiger partial charge on any atom is -0.286 e. The summed E-state index contributed by atoms with van der Waals surface area (Å²) >= 11 is 7.71. The third-order valence-electron chi connectivity index (χ3n) is 6.09. The Morgan fingerprint density at radius 3 is 2.47 bits per heavy atom. The van der Waals surface area contributed by atoms with Crippen molar-refractivity contribution in [1.29, 1.82) is 0 Å². The van der Waals surface area contributed by atoms with E-state index >= 15 is 0 Å². The van der Waals surface area contributed by atoms with Gasteiger partial charge in [-0.05, 0) is 70.0 Å². The van der Waals surface area contributed by atoms with E-state index in [1.54, 1.807) is 29.2 Å². The average molecular weight is 545 g/mol. The number of aryl methyl sites for hydroxylation is 4. The van der Waals surface area contributed by atoms with Gasteiger partial charge < -0.3 is 0 Å². The minimum absolute atomic E-state index is 0.0951. The first-order valence-corrected chi connectivity index (χ1v) is 14.6. The second-order valence-electron chi connectivity index (χ2n) is 8.95. The molecule has 2 heterocycles. The highest BCUT2D eigenvalue weighted by molar-refractivity contribution is 7.91. The molecule has 0 spiro atoms. The van der Waals surface area contributed by atoms with Gasteiger partial charge in [-0.25, -0.2) is 13.4 Å². The average Bonchev–Trinajstić information content (AvgIpc) is 3.39. The molecule has 0 atom stereocenters. The van der Waals surface area contributed by atoms with Crippen LogP contribution in [0.2, 0.25) is 5.02 Å². The molecule has 0 bridgehead atoms. The van der Waals surface area contributed by atoms with Gasteiger partial charge in [0, 0.05) is 23.7 Å². The summed E-state index contributed by atoms with van der Waals surface area (Å²) in [5, 5.41) is 5.70. The fourth-order valence-electron chi connectivity index (χ4n) is 4.04. The molecule has 0 unspecified atom stereocenters. The number of sulfone groups is 1. The zero-order valence-electron chi connectivity index (χ0n) is 20.8. The molecule has 0 fully saturated rings. The van der Waals surface area contributed by atoms with Gasteiger partial charge in [0.15, 0.2) is 15.0 Å². The van der Waals surface area contributed by atoms with Gasteiger partial charge in [0.05, 0.1) is 33.1 Å². The standard InChI is InChI=1S/C26H29ClN4O3S2/c1-17-7-9-21(10-8-17)36(33,34)15-5-6-24(32)30(13-14-31-19(3)16-18(2)29-31)26-28-25-20(4)22(27)11-12-23(25)35-26/h7-12,16H,5-6,13-15H2,1-4H3. The van der Waals surface area contributed by atoms with Gasteiger partial charge in [0.1, 0.15) is 0 Å². The van der Waals surface area contributed by atoms with Crippen molar-refractivity contribution >= 4 is 54.0 Å². The zero-order chi connectivity index (χ0) is 26.0. The summed E-state index contributed by atoms with van der Waals surface area (Å²) in [7, 11) is -3.46. The van der Waals surface area contributed by atoms with E-state index in [9.17, 15) is 13.2 Å². The van der Waals surface area contributed by atoms with Crippen LogP contribution in [0.4, 0.5) is 5.13 Å². The highest BCUT2D eigenvalue weighted by Gasteiger charge is 2.22. The number of aromatic nitrogens is 3. The zero-order valence-corrected chi connectivity index (χ0v) is 23.2. The molecule has 0 aliphatic rings. The largest absolute Gasteiger partial charge is 0.286 e. The number of fused-ring (bicyclic) bond motifs is 1. The molecule has 190 valence electrons. The highest BCUT2D eigenvalue weighted by atomic mass is 35.5. The molecular formula is C26H29ClN4O3S2. The normalized spacial score (nSPS) is 11.8. The van der Waals surface area contributed by atoms with Gasteiger partial charge >= 0.3 is 0 Å². The number of benzene rings is 2. The number of thiazole rings is 1. The first kappa shape index (κ1) is 26.3. The molecule has 7 nitrogen and oxygen atoms in total. The van der Waals surface area contributed by atoms with Crippen LogP contribution < -0.4 is 4.90 Å². The SMILES string of the molecule is Cc1ccc(S(=O)(=O)CCCC(=O)N(CCn2nc(C)cc2C)c2nc3c(C)c(Cl)ccc3s2)cc1. The van der Waals surface area contributed by atoms with Crippen LogP contribution in [0.25, 0.3) is 10.2 Å². The van der Waals surface area contributed by atoms with Crippen LogP contribution in [0.1, 0.15) is 35.4 Å². The maximum Gasteiger partial charge on any atom is 0.228 e. The monoisotopic (exact) mass is 544 g/mol. The topological polar surface area (TPSA) is 85.2 Å². The molecular weight excluding hydrogens is 516 g/mol. The molecule has 2 aromatic heterocycles. The molecule has 4 rings (SSSR count). The summed E-state index contributed by atoms with van der Waals surface area (Å²) < 4.78 is 28.3. The van der Waals surface area contributed by atoms with Crippen molar-refractivity contribution < 1.29 is 13.2 Å². The summed E-state index contributed by atoms with van der Waals surface area (Å²) in [6.07, 6.45) is 0.319. The molecule has 0 N–H and O–H groups in total. The number of amides is 1. The molecule has 4 aromatic rings. The predicted molar refractivity (Wildman–Crippen MR) is 146 cm³/mol. The lowest BCUT2D eigenvalue weighted by atomic mass is 10.2. The Kier molecular flexibility index (Phi) is 7.82. The van der Waals surface area contributed by atoms with Gasteiger partial charge in [-0.15, -0.1) is 0 Å². The van der Waals surface area contributed by atoms with Crippen molar-refractivity contribution in [3.63, 3.8) is 0 Å². The summed E-state index contributed by atoms with van der Waals surface area (Å²) in [4.78, 5) is 20.1. The van der Waals surface area contributed by atoms with Crippen molar-refractivity contribution in [2.24, 2.45) is 0 Å². The van der Waals surface area contributed by atoms with Crippen molar-refractivity contribution in [1.82, 2.24) is 14.8 Å². The Morgan fingerprint density at radius 2 is 1.81 bits per heavy atom. The van der Waals surface area contributed by atoms with Crippen molar-refractivity contribution in [2.45, 2.75) is 52.0 Å². The Hall–Kier alpha value is -2.75. The van der Waals surface area contributed by atoms with Crippen molar-refractivity contribution in [2.75, 3.05) is 17.2 Å². The lowest BCUT2D eigenvalue weighted by Crippen LogP contribution is -2.34. The summed E-state index contributed by atoms with van der Waals surface area (Å²) in [5.41, 5.74) is 4.56. The lowest BCUT2D eigenvalue weighted by molar-refractivity contribution is -0.118. The smallest absolute Gasteiger partial charge is 0.228 e. The number of halogens is 1. The van der Waals surface area contributed by atoms with Gasteiger partial charge in [-0.3, -0.25) is 14.4 Å². The minimum atomic E-state index is -3.46. The summed E-state index contributed by atoms with van der Waals surface area (Å²) in [6.45, 7) is 8.60. The van der Waals surface area contributed by atoms with Crippen LogP contribution in [-0.4, -0.2) is 41.4 Å². The van der Waals surface area contributed by atoms with E-state index < -0.39 is 9.84 Å². The van der Waals surface area contributed by atoms with Crippen LogP contribution in [0.5, 0.6) is 0 Å². The van der Waals surface area contributed by atoms with E-state index in [0.717, 1.165) is 32.7 Å². The third-order valence-corrected chi connectivity index (χ3v) is 9.36. The second kappa shape index (κ2) is 10.7. The highest BCUT2D eigenvalue weighted by Crippen LogP contribution is 2.34. The molecule has 2 aromatic carbocycles. The number of carbonyl (C=O) groups excluding carboxylic acids is 1. The number of carbonyl (C=O) groups is 1.